The van der Waals surface area contributed by atoms with Gasteiger partial charge in [0.15, 0.2) is 5.13 Å². The SMILES string of the molecule is CCOc1cccc(C(=O)Nc2nc3c(Cl)cccc3s2)c1. The molecule has 0 unspecified atom stereocenters. The van der Waals surface area contributed by atoms with Crippen molar-refractivity contribution in [3.8, 4) is 5.75 Å². The number of benzene rings is 2. The van der Waals surface area contributed by atoms with E-state index < -0.39 is 0 Å². The number of carbonyl (C=O) groups is 1. The van der Waals surface area contributed by atoms with Gasteiger partial charge in [-0.25, -0.2) is 4.98 Å². The van der Waals surface area contributed by atoms with E-state index in [0.717, 1.165) is 4.70 Å². The second-order valence-electron chi connectivity index (χ2n) is 4.52. The van der Waals surface area contributed by atoms with Crippen molar-refractivity contribution in [3.05, 3.63) is 53.1 Å². The second-order valence-corrected chi connectivity index (χ2v) is 5.96. The van der Waals surface area contributed by atoms with Crippen molar-refractivity contribution in [1.82, 2.24) is 4.98 Å². The number of amides is 1. The van der Waals surface area contributed by atoms with Gasteiger partial charge in [-0.3, -0.25) is 10.1 Å². The third-order valence-corrected chi connectivity index (χ3v) is 4.24. The van der Waals surface area contributed by atoms with Gasteiger partial charge in [0, 0.05) is 5.56 Å². The minimum Gasteiger partial charge on any atom is -0.494 e. The van der Waals surface area contributed by atoms with E-state index in [0.29, 0.717) is 33.6 Å². The number of para-hydroxylation sites is 1. The molecule has 1 N–H and O–H groups in total. The third kappa shape index (κ3) is 3.05. The fourth-order valence-corrected chi connectivity index (χ4v) is 3.19. The quantitative estimate of drug-likeness (QED) is 0.759. The van der Waals surface area contributed by atoms with Crippen LogP contribution in [-0.2, 0) is 0 Å². The zero-order chi connectivity index (χ0) is 15.5. The first-order valence-corrected chi connectivity index (χ1v) is 7.96. The standard InChI is InChI=1S/C16H13ClN2O2S/c1-2-21-11-6-3-5-10(9-11)15(20)19-16-18-14-12(17)7-4-8-13(14)22-16/h3-9H,2H2,1H3,(H,18,19,20). The van der Waals surface area contributed by atoms with E-state index in [-0.39, 0.29) is 5.91 Å². The summed E-state index contributed by atoms with van der Waals surface area (Å²) in [6.07, 6.45) is 0. The molecular formula is C16H13ClN2O2S. The minimum atomic E-state index is -0.225. The molecule has 0 saturated carbocycles. The molecule has 1 heterocycles. The minimum absolute atomic E-state index is 0.225. The summed E-state index contributed by atoms with van der Waals surface area (Å²) in [7, 11) is 0. The van der Waals surface area contributed by atoms with Gasteiger partial charge in [0.1, 0.15) is 11.3 Å². The van der Waals surface area contributed by atoms with Crippen LogP contribution in [0.2, 0.25) is 5.02 Å². The van der Waals surface area contributed by atoms with Crippen LogP contribution in [0.4, 0.5) is 5.13 Å². The van der Waals surface area contributed by atoms with Gasteiger partial charge in [-0.05, 0) is 37.3 Å². The van der Waals surface area contributed by atoms with E-state index in [1.165, 1.54) is 11.3 Å². The lowest BCUT2D eigenvalue weighted by Crippen LogP contribution is -2.11. The Morgan fingerprint density at radius 2 is 2.14 bits per heavy atom. The second kappa shape index (κ2) is 6.34. The number of rotatable bonds is 4. The molecule has 1 amide bonds. The molecule has 2 aromatic carbocycles. The summed E-state index contributed by atoms with van der Waals surface area (Å²) in [5, 5.41) is 3.90. The maximum absolute atomic E-state index is 12.3. The van der Waals surface area contributed by atoms with Crippen molar-refractivity contribution in [3.63, 3.8) is 0 Å². The summed E-state index contributed by atoms with van der Waals surface area (Å²) >= 11 is 7.48. The number of hydrogen-bond donors (Lipinski definition) is 1. The van der Waals surface area contributed by atoms with Gasteiger partial charge in [0.25, 0.3) is 5.91 Å². The highest BCUT2D eigenvalue weighted by Crippen LogP contribution is 2.30. The maximum Gasteiger partial charge on any atom is 0.257 e. The van der Waals surface area contributed by atoms with Crippen LogP contribution in [0.3, 0.4) is 0 Å². The van der Waals surface area contributed by atoms with Gasteiger partial charge in [0.2, 0.25) is 0 Å². The lowest BCUT2D eigenvalue weighted by atomic mass is 10.2. The average Bonchev–Trinajstić information content (AvgIpc) is 2.92. The first kappa shape index (κ1) is 14.8. The van der Waals surface area contributed by atoms with E-state index in [1.54, 1.807) is 24.3 Å². The molecule has 6 heteroatoms. The monoisotopic (exact) mass is 332 g/mol. The Morgan fingerprint density at radius 1 is 1.32 bits per heavy atom. The van der Waals surface area contributed by atoms with Crippen molar-refractivity contribution in [2.45, 2.75) is 6.92 Å². The summed E-state index contributed by atoms with van der Waals surface area (Å²) < 4.78 is 6.34. The lowest BCUT2D eigenvalue weighted by Gasteiger charge is -2.05. The molecule has 112 valence electrons. The molecule has 0 radical (unpaired) electrons. The van der Waals surface area contributed by atoms with E-state index in [9.17, 15) is 4.79 Å². The first-order valence-electron chi connectivity index (χ1n) is 6.76. The number of nitrogens with zero attached hydrogens (tertiary/aromatic N) is 1. The van der Waals surface area contributed by atoms with Crippen LogP contribution in [0.15, 0.2) is 42.5 Å². The van der Waals surface area contributed by atoms with Gasteiger partial charge < -0.3 is 4.74 Å². The summed E-state index contributed by atoms with van der Waals surface area (Å²) in [6.45, 7) is 2.46. The van der Waals surface area contributed by atoms with Crippen molar-refractivity contribution in [1.29, 1.82) is 0 Å². The van der Waals surface area contributed by atoms with Crippen LogP contribution in [0.1, 0.15) is 17.3 Å². The molecule has 3 rings (SSSR count). The predicted molar refractivity (Wildman–Crippen MR) is 90.2 cm³/mol. The summed E-state index contributed by atoms with van der Waals surface area (Å²) in [5.74, 6) is 0.444. The van der Waals surface area contributed by atoms with Crippen LogP contribution in [-0.4, -0.2) is 17.5 Å². The Bertz CT molecular complexity index is 832. The Labute approximate surface area is 136 Å². The topological polar surface area (TPSA) is 51.2 Å². The van der Waals surface area contributed by atoms with Gasteiger partial charge >= 0.3 is 0 Å². The third-order valence-electron chi connectivity index (χ3n) is 3.00. The molecule has 0 atom stereocenters. The predicted octanol–water partition coefficient (Wildman–Crippen LogP) is 4.60. The lowest BCUT2D eigenvalue weighted by molar-refractivity contribution is 0.102. The molecule has 0 bridgehead atoms. The highest BCUT2D eigenvalue weighted by molar-refractivity contribution is 7.22. The molecule has 1 aromatic heterocycles. The van der Waals surface area contributed by atoms with E-state index >= 15 is 0 Å². The van der Waals surface area contributed by atoms with Crippen LogP contribution < -0.4 is 10.1 Å². The smallest absolute Gasteiger partial charge is 0.257 e. The van der Waals surface area contributed by atoms with Crippen molar-refractivity contribution in [2.75, 3.05) is 11.9 Å². The summed E-state index contributed by atoms with van der Waals surface area (Å²) in [5.41, 5.74) is 1.23. The van der Waals surface area contributed by atoms with Crippen molar-refractivity contribution < 1.29 is 9.53 Å². The number of nitrogens with one attached hydrogen (secondary N) is 1. The fraction of sp³-hybridized carbons (Fsp3) is 0.125. The molecule has 0 spiro atoms. The van der Waals surface area contributed by atoms with E-state index in [1.807, 2.05) is 25.1 Å². The molecule has 0 fully saturated rings. The molecule has 3 aromatic rings. The van der Waals surface area contributed by atoms with E-state index in [4.69, 9.17) is 16.3 Å². The highest BCUT2D eigenvalue weighted by atomic mass is 35.5. The van der Waals surface area contributed by atoms with Crippen LogP contribution in [0.25, 0.3) is 10.2 Å². The molecule has 0 saturated heterocycles. The number of hydrogen-bond acceptors (Lipinski definition) is 4. The fourth-order valence-electron chi connectivity index (χ4n) is 2.03. The Kier molecular flexibility index (Phi) is 4.27. The zero-order valence-electron chi connectivity index (χ0n) is 11.8. The van der Waals surface area contributed by atoms with Crippen LogP contribution >= 0.6 is 22.9 Å². The number of aromatic nitrogens is 1. The molecule has 22 heavy (non-hydrogen) atoms. The van der Waals surface area contributed by atoms with Gasteiger partial charge in [0.05, 0.1) is 16.3 Å². The number of carbonyl (C=O) groups excluding carboxylic acids is 1. The molecule has 4 nitrogen and oxygen atoms in total. The number of thiazole rings is 1. The summed E-state index contributed by atoms with van der Waals surface area (Å²) in [6, 6.07) is 12.6. The highest BCUT2D eigenvalue weighted by Gasteiger charge is 2.12. The van der Waals surface area contributed by atoms with Crippen molar-refractivity contribution in [2.24, 2.45) is 0 Å². The number of anilines is 1. The van der Waals surface area contributed by atoms with Gasteiger partial charge in [-0.15, -0.1) is 0 Å². The van der Waals surface area contributed by atoms with Gasteiger partial charge in [-0.1, -0.05) is 35.1 Å². The van der Waals surface area contributed by atoms with Gasteiger partial charge in [-0.2, -0.15) is 0 Å². The Morgan fingerprint density at radius 3 is 2.91 bits per heavy atom. The molecule has 0 aliphatic heterocycles. The van der Waals surface area contributed by atoms with Crippen LogP contribution in [0, 0.1) is 0 Å². The largest absolute Gasteiger partial charge is 0.494 e. The Hall–Kier alpha value is -2.11. The molecule has 0 aliphatic rings. The molecular weight excluding hydrogens is 320 g/mol. The van der Waals surface area contributed by atoms with E-state index in [2.05, 4.69) is 10.3 Å². The Balaban J connectivity index is 1.83. The first-order chi connectivity index (χ1) is 10.7. The molecule has 0 aliphatic carbocycles. The zero-order valence-corrected chi connectivity index (χ0v) is 13.4. The van der Waals surface area contributed by atoms with Crippen molar-refractivity contribution >= 4 is 44.2 Å². The number of ether oxygens (including phenoxy) is 1. The van der Waals surface area contributed by atoms with Crippen LogP contribution in [0.5, 0.6) is 5.75 Å². The summed E-state index contributed by atoms with van der Waals surface area (Å²) in [4.78, 5) is 16.7. The maximum atomic E-state index is 12.3. The number of fused-ring (bicyclic) bond motifs is 1. The normalized spacial score (nSPS) is 10.6. The number of halogens is 1. The average molecular weight is 333 g/mol.